The summed E-state index contributed by atoms with van der Waals surface area (Å²) >= 11 is 0. The second-order valence-corrected chi connectivity index (χ2v) is 6.64. The first-order chi connectivity index (χ1) is 12.1. The van der Waals surface area contributed by atoms with Crippen LogP contribution in [0.4, 0.5) is 0 Å². The molecule has 1 aliphatic rings. The summed E-state index contributed by atoms with van der Waals surface area (Å²) in [6, 6.07) is 7.37. The average Bonchev–Trinajstić information content (AvgIpc) is 3.12. The van der Waals surface area contributed by atoms with Crippen molar-refractivity contribution >= 4 is 16.8 Å². The quantitative estimate of drug-likeness (QED) is 0.872. The molecule has 1 aliphatic heterocycles. The SMILES string of the molecule is Cc1nc2ccccc2c(=O)n1CCCC(=O)NC(C)C1CCCO1. The Morgan fingerprint density at radius 2 is 2.24 bits per heavy atom. The van der Waals surface area contributed by atoms with Crippen LogP contribution in [0.5, 0.6) is 0 Å². The summed E-state index contributed by atoms with van der Waals surface area (Å²) in [4.78, 5) is 29.2. The van der Waals surface area contributed by atoms with E-state index in [0.29, 0.717) is 36.1 Å². The zero-order valence-corrected chi connectivity index (χ0v) is 14.8. The molecule has 3 rings (SSSR count). The molecular weight excluding hydrogens is 318 g/mol. The molecule has 0 saturated carbocycles. The number of hydrogen-bond donors (Lipinski definition) is 1. The van der Waals surface area contributed by atoms with Gasteiger partial charge in [-0.15, -0.1) is 0 Å². The third-order valence-electron chi connectivity index (χ3n) is 4.75. The lowest BCUT2D eigenvalue weighted by Crippen LogP contribution is -2.40. The molecule has 1 N–H and O–H groups in total. The van der Waals surface area contributed by atoms with Crippen LogP contribution in [0.3, 0.4) is 0 Å². The average molecular weight is 343 g/mol. The maximum atomic E-state index is 12.6. The van der Waals surface area contributed by atoms with Crippen molar-refractivity contribution in [2.75, 3.05) is 6.61 Å². The number of aryl methyl sites for hydroxylation is 1. The summed E-state index contributed by atoms with van der Waals surface area (Å²) < 4.78 is 7.25. The molecule has 1 aromatic heterocycles. The summed E-state index contributed by atoms with van der Waals surface area (Å²) in [7, 11) is 0. The number of amides is 1. The van der Waals surface area contributed by atoms with Gasteiger partial charge in [0.2, 0.25) is 5.91 Å². The van der Waals surface area contributed by atoms with E-state index in [1.807, 2.05) is 32.0 Å². The van der Waals surface area contributed by atoms with Crippen molar-refractivity contribution in [1.82, 2.24) is 14.9 Å². The maximum absolute atomic E-state index is 12.6. The van der Waals surface area contributed by atoms with Gasteiger partial charge >= 0.3 is 0 Å². The molecule has 1 aromatic carbocycles. The molecule has 134 valence electrons. The minimum absolute atomic E-state index is 0.00227. The number of aromatic nitrogens is 2. The van der Waals surface area contributed by atoms with Gasteiger partial charge < -0.3 is 10.1 Å². The number of carbonyl (C=O) groups excluding carboxylic acids is 1. The molecule has 6 heteroatoms. The summed E-state index contributed by atoms with van der Waals surface area (Å²) in [5, 5.41) is 3.62. The fourth-order valence-corrected chi connectivity index (χ4v) is 3.36. The van der Waals surface area contributed by atoms with Crippen LogP contribution in [0.15, 0.2) is 29.1 Å². The molecule has 6 nitrogen and oxygen atoms in total. The zero-order valence-electron chi connectivity index (χ0n) is 14.8. The van der Waals surface area contributed by atoms with Crippen molar-refractivity contribution in [1.29, 1.82) is 0 Å². The summed E-state index contributed by atoms with van der Waals surface area (Å²) in [6.07, 6.45) is 3.17. The first-order valence-corrected chi connectivity index (χ1v) is 8.93. The lowest BCUT2D eigenvalue weighted by Gasteiger charge is -2.20. The molecule has 2 heterocycles. The van der Waals surface area contributed by atoms with E-state index in [1.165, 1.54) is 0 Å². The van der Waals surface area contributed by atoms with Crippen molar-refractivity contribution in [3.8, 4) is 0 Å². The van der Waals surface area contributed by atoms with Gasteiger partial charge in [-0.3, -0.25) is 14.2 Å². The molecule has 2 aromatic rings. The first kappa shape index (κ1) is 17.6. The second-order valence-electron chi connectivity index (χ2n) is 6.64. The van der Waals surface area contributed by atoms with E-state index in [-0.39, 0.29) is 23.6 Å². The smallest absolute Gasteiger partial charge is 0.261 e. The van der Waals surface area contributed by atoms with Gasteiger partial charge in [-0.2, -0.15) is 0 Å². The van der Waals surface area contributed by atoms with E-state index in [0.717, 1.165) is 19.4 Å². The van der Waals surface area contributed by atoms with Crippen LogP contribution in [0.2, 0.25) is 0 Å². The molecule has 0 aliphatic carbocycles. The highest BCUT2D eigenvalue weighted by atomic mass is 16.5. The molecule has 1 saturated heterocycles. The first-order valence-electron chi connectivity index (χ1n) is 8.93. The third-order valence-corrected chi connectivity index (χ3v) is 4.75. The van der Waals surface area contributed by atoms with Gasteiger partial charge in [-0.1, -0.05) is 12.1 Å². The number of para-hydroxylation sites is 1. The normalized spacial score (nSPS) is 18.4. The molecule has 2 unspecified atom stereocenters. The number of ether oxygens (including phenoxy) is 1. The topological polar surface area (TPSA) is 73.2 Å². The molecule has 0 radical (unpaired) electrons. The molecule has 0 spiro atoms. The monoisotopic (exact) mass is 343 g/mol. The second kappa shape index (κ2) is 7.78. The van der Waals surface area contributed by atoms with Gasteiger partial charge in [0.25, 0.3) is 5.56 Å². The van der Waals surface area contributed by atoms with Gasteiger partial charge in [-0.05, 0) is 45.2 Å². The van der Waals surface area contributed by atoms with Crippen LogP contribution < -0.4 is 10.9 Å². The van der Waals surface area contributed by atoms with E-state index in [4.69, 9.17) is 4.74 Å². The van der Waals surface area contributed by atoms with E-state index >= 15 is 0 Å². The lowest BCUT2D eigenvalue weighted by molar-refractivity contribution is -0.122. The van der Waals surface area contributed by atoms with Crippen molar-refractivity contribution in [2.24, 2.45) is 0 Å². The maximum Gasteiger partial charge on any atom is 0.261 e. The highest BCUT2D eigenvalue weighted by Gasteiger charge is 2.23. The minimum atomic E-state index is -0.0452. The number of nitrogens with zero attached hydrogens (tertiary/aromatic N) is 2. The Morgan fingerprint density at radius 3 is 3.00 bits per heavy atom. The third kappa shape index (κ3) is 4.07. The van der Waals surface area contributed by atoms with Crippen LogP contribution in [0, 0.1) is 6.92 Å². The van der Waals surface area contributed by atoms with E-state index in [1.54, 1.807) is 10.6 Å². The van der Waals surface area contributed by atoms with E-state index < -0.39 is 0 Å². The molecule has 0 bridgehead atoms. The van der Waals surface area contributed by atoms with Crippen LogP contribution >= 0.6 is 0 Å². The van der Waals surface area contributed by atoms with Crippen LogP contribution in [0.25, 0.3) is 10.9 Å². The Balaban J connectivity index is 1.57. The van der Waals surface area contributed by atoms with E-state index in [2.05, 4.69) is 10.3 Å². The van der Waals surface area contributed by atoms with Gasteiger partial charge in [0.1, 0.15) is 5.82 Å². The standard InChI is InChI=1S/C19H25N3O3/c1-13(17-9-6-12-25-17)20-18(23)10-5-11-22-14(2)21-16-8-4-3-7-15(16)19(22)24/h3-4,7-8,13,17H,5-6,9-12H2,1-2H3,(H,20,23). The van der Waals surface area contributed by atoms with Crippen molar-refractivity contribution in [3.05, 3.63) is 40.4 Å². The van der Waals surface area contributed by atoms with Crippen LogP contribution in [-0.2, 0) is 16.1 Å². The fraction of sp³-hybridized carbons (Fsp3) is 0.526. The Hall–Kier alpha value is -2.21. The largest absolute Gasteiger partial charge is 0.376 e. The Bertz CT molecular complexity index is 809. The summed E-state index contributed by atoms with van der Waals surface area (Å²) in [6.45, 7) is 5.08. The molecular formula is C19H25N3O3. The Labute approximate surface area is 147 Å². The van der Waals surface area contributed by atoms with Crippen LogP contribution in [-0.4, -0.2) is 34.2 Å². The minimum Gasteiger partial charge on any atom is -0.376 e. The van der Waals surface area contributed by atoms with Crippen molar-refractivity contribution < 1.29 is 9.53 Å². The predicted molar refractivity (Wildman–Crippen MR) is 96.6 cm³/mol. The van der Waals surface area contributed by atoms with Gasteiger partial charge in [0, 0.05) is 19.6 Å². The number of hydrogen-bond acceptors (Lipinski definition) is 4. The van der Waals surface area contributed by atoms with Crippen molar-refractivity contribution in [2.45, 2.75) is 58.2 Å². The number of rotatable bonds is 6. The van der Waals surface area contributed by atoms with E-state index in [9.17, 15) is 9.59 Å². The lowest BCUT2D eigenvalue weighted by atomic mass is 10.1. The predicted octanol–water partition coefficient (Wildman–Crippen LogP) is 2.17. The molecule has 1 fully saturated rings. The number of fused-ring (bicyclic) bond motifs is 1. The zero-order chi connectivity index (χ0) is 17.8. The van der Waals surface area contributed by atoms with Gasteiger partial charge in [-0.25, -0.2) is 4.98 Å². The summed E-state index contributed by atoms with van der Waals surface area (Å²) in [5.74, 6) is 0.680. The highest BCUT2D eigenvalue weighted by Crippen LogP contribution is 2.15. The molecule has 1 amide bonds. The number of benzene rings is 1. The molecule has 2 atom stereocenters. The van der Waals surface area contributed by atoms with Gasteiger partial charge in [0.15, 0.2) is 0 Å². The Morgan fingerprint density at radius 1 is 1.44 bits per heavy atom. The van der Waals surface area contributed by atoms with Crippen LogP contribution in [0.1, 0.15) is 38.4 Å². The molecule has 25 heavy (non-hydrogen) atoms. The summed E-state index contributed by atoms with van der Waals surface area (Å²) in [5.41, 5.74) is 0.667. The Kier molecular flexibility index (Phi) is 5.48. The highest BCUT2D eigenvalue weighted by molar-refractivity contribution is 5.77. The van der Waals surface area contributed by atoms with Gasteiger partial charge in [0.05, 0.1) is 23.0 Å². The fourth-order valence-electron chi connectivity index (χ4n) is 3.36. The number of nitrogens with one attached hydrogen (secondary N) is 1. The van der Waals surface area contributed by atoms with Crippen molar-refractivity contribution in [3.63, 3.8) is 0 Å². The number of carbonyl (C=O) groups is 1.